The van der Waals surface area contributed by atoms with E-state index in [0.717, 1.165) is 0 Å². The summed E-state index contributed by atoms with van der Waals surface area (Å²) in [6.45, 7) is 5.30. The Morgan fingerprint density at radius 3 is 2.42 bits per heavy atom. The van der Waals surface area contributed by atoms with E-state index in [1.165, 1.54) is 25.3 Å². The van der Waals surface area contributed by atoms with Crippen molar-refractivity contribution >= 4 is 5.97 Å². The van der Waals surface area contributed by atoms with Gasteiger partial charge in [-0.25, -0.2) is 8.78 Å². The second-order valence-corrected chi connectivity index (χ2v) is 5.14. The molecule has 0 amide bonds. The van der Waals surface area contributed by atoms with E-state index in [9.17, 15) is 13.6 Å². The molecule has 0 atom stereocenters. The maximum absolute atomic E-state index is 12.6. The Balaban J connectivity index is 2.86. The van der Waals surface area contributed by atoms with Crippen LogP contribution >= 0.6 is 0 Å². The molecule has 0 bridgehead atoms. The van der Waals surface area contributed by atoms with Crippen LogP contribution in [-0.2, 0) is 16.0 Å². The van der Waals surface area contributed by atoms with Crippen molar-refractivity contribution in [3.8, 4) is 5.75 Å². The molecule has 1 aromatic rings. The number of hydrogen-bond acceptors (Lipinski definition) is 3. The molecule has 19 heavy (non-hydrogen) atoms. The van der Waals surface area contributed by atoms with Crippen LogP contribution in [0.15, 0.2) is 18.2 Å². The Labute approximate surface area is 111 Å². The summed E-state index contributed by atoms with van der Waals surface area (Å²) in [6.07, 6.45) is -2.58. The van der Waals surface area contributed by atoms with Crippen LogP contribution in [0.1, 0.15) is 38.3 Å². The van der Waals surface area contributed by atoms with Gasteiger partial charge in [0.25, 0.3) is 6.43 Å². The molecule has 0 aliphatic carbocycles. The lowest BCUT2D eigenvalue weighted by Crippen LogP contribution is -2.25. The van der Waals surface area contributed by atoms with Gasteiger partial charge in [-0.15, -0.1) is 0 Å². The Hall–Kier alpha value is -1.65. The number of methoxy groups -OCH3 is 1. The highest BCUT2D eigenvalue weighted by atomic mass is 19.3. The van der Waals surface area contributed by atoms with Crippen molar-refractivity contribution in [1.82, 2.24) is 0 Å². The molecule has 0 aliphatic rings. The van der Waals surface area contributed by atoms with Crippen LogP contribution in [0.2, 0.25) is 0 Å². The van der Waals surface area contributed by atoms with Crippen molar-refractivity contribution < 1.29 is 23.0 Å². The summed E-state index contributed by atoms with van der Waals surface area (Å²) in [7, 11) is 1.38. The van der Waals surface area contributed by atoms with E-state index in [4.69, 9.17) is 9.47 Å². The number of hydrogen-bond donors (Lipinski definition) is 0. The fourth-order valence-corrected chi connectivity index (χ4v) is 1.58. The molecule has 0 saturated carbocycles. The standard InChI is InChI=1S/C14H18F2O3/c1-14(2,3)19-12(17)8-9-5-6-10(13(15)16)7-11(9)18-4/h5-7,13H,8H2,1-4H3. The minimum Gasteiger partial charge on any atom is -0.496 e. The van der Waals surface area contributed by atoms with Crippen molar-refractivity contribution in [2.75, 3.05) is 7.11 Å². The van der Waals surface area contributed by atoms with E-state index in [-0.39, 0.29) is 17.7 Å². The van der Waals surface area contributed by atoms with Gasteiger partial charge < -0.3 is 9.47 Å². The van der Waals surface area contributed by atoms with Gasteiger partial charge in [0.2, 0.25) is 0 Å². The van der Waals surface area contributed by atoms with Crippen LogP contribution in [-0.4, -0.2) is 18.7 Å². The second kappa shape index (κ2) is 5.99. The van der Waals surface area contributed by atoms with E-state index in [1.807, 2.05) is 0 Å². The topological polar surface area (TPSA) is 35.5 Å². The normalized spacial score (nSPS) is 11.5. The van der Waals surface area contributed by atoms with E-state index in [2.05, 4.69) is 0 Å². The lowest BCUT2D eigenvalue weighted by molar-refractivity contribution is -0.153. The Morgan fingerprint density at radius 2 is 1.95 bits per heavy atom. The van der Waals surface area contributed by atoms with Crippen molar-refractivity contribution in [1.29, 1.82) is 0 Å². The SMILES string of the molecule is COc1cc(C(F)F)ccc1CC(=O)OC(C)(C)C. The van der Waals surface area contributed by atoms with Crippen molar-refractivity contribution in [3.05, 3.63) is 29.3 Å². The van der Waals surface area contributed by atoms with Gasteiger partial charge in [-0.2, -0.15) is 0 Å². The number of ether oxygens (including phenoxy) is 2. The number of alkyl halides is 2. The minimum atomic E-state index is -2.57. The molecule has 1 rings (SSSR count). The van der Waals surface area contributed by atoms with Crippen LogP contribution in [0.5, 0.6) is 5.75 Å². The van der Waals surface area contributed by atoms with Gasteiger partial charge in [-0.05, 0) is 26.8 Å². The van der Waals surface area contributed by atoms with Crippen LogP contribution in [0.4, 0.5) is 8.78 Å². The number of carbonyl (C=O) groups is 1. The largest absolute Gasteiger partial charge is 0.496 e. The monoisotopic (exact) mass is 272 g/mol. The summed E-state index contributed by atoms with van der Waals surface area (Å²) in [5, 5.41) is 0. The average molecular weight is 272 g/mol. The lowest BCUT2D eigenvalue weighted by Gasteiger charge is -2.20. The summed E-state index contributed by atoms with van der Waals surface area (Å²) < 4.78 is 35.3. The molecular weight excluding hydrogens is 254 g/mol. The molecule has 5 heteroatoms. The van der Waals surface area contributed by atoms with Crippen molar-refractivity contribution in [2.24, 2.45) is 0 Å². The Morgan fingerprint density at radius 1 is 1.32 bits per heavy atom. The van der Waals surface area contributed by atoms with Gasteiger partial charge in [-0.1, -0.05) is 12.1 Å². The minimum absolute atomic E-state index is 0.00996. The third-order valence-corrected chi connectivity index (χ3v) is 2.32. The molecule has 3 nitrogen and oxygen atoms in total. The first-order chi connectivity index (χ1) is 8.73. The third kappa shape index (κ3) is 4.85. The molecule has 0 aliphatic heterocycles. The van der Waals surface area contributed by atoms with Crippen LogP contribution in [0.3, 0.4) is 0 Å². The van der Waals surface area contributed by atoms with Crippen molar-refractivity contribution in [2.45, 2.75) is 39.2 Å². The first-order valence-electron chi connectivity index (χ1n) is 5.89. The number of esters is 1. The van der Waals surface area contributed by atoms with Gasteiger partial charge in [0.05, 0.1) is 13.5 Å². The number of halogens is 2. The van der Waals surface area contributed by atoms with Crippen LogP contribution < -0.4 is 4.74 Å². The average Bonchev–Trinajstić information content (AvgIpc) is 2.26. The predicted molar refractivity (Wildman–Crippen MR) is 67.5 cm³/mol. The predicted octanol–water partition coefficient (Wildman–Crippen LogP) is 3.52. The fraction of sp³-hybridized carbons (Fsp3) is 0.500. The maximum Gasteiger partial charge on any atom is 0.310 e. The highest BCUT2D eigenvalue weighted by Gasteiger charge is 2.19. The number of carbonyl (C=O) groups excluding carboxylic acids is 1. The molecule has 106 valence electrons. The molecule has 0 N–H and O–H groups in total. The quantitative estimate of drug-likeness (QED) is 0.787. The summed E-state index contributed by atoms with van der Waals surface area (Å²) in [5.74, 6) is -0.153. The molecule has 0 unspecified atom stereocenters. The summed E-state index contributed by atoms with van der Waals surface area (Å²) in [6, 6.07) is 3.99. The first-order valence-corrected chi connectivity index (χ1v) is 5.89. The van der Waals surface area contributed by atoms with Gasteiger partial charge >= 0.3 is 5.97 Å². The van der Waals surface area contributed by atoms with E-state index < -0.39 is 18.0 Å². The number of rotatable bonds is 4. The van der Waals surface area contributed by atoms with Crippen LogP contribution in [0.25, 0.3) is 0 Å². The Kier molecular flexibility index (Phi) is 4.86. The smallest absolute Gasteiger partial charge is 0.310 e. The third-order valence-electron chi connectivity index (χ3n) is 2.32. The summed E-state index contributed by atoms with van der Waals surface area (Å²) in [5.41, 5.74) is -0.182. The highest BCUT2D eigenvalue weighted by Crippen LogP contribution is 2.27. The molecule has 0 heterocycles. The van der Waals surface area contributed by atoms with Gasteiger partial charge in [0.1, 0.15) is 11.4 Å². The molecule has 1 aromatic carbocycles. The Bertz CT molecular complexity index is 450. The summed E-state index contributed by atoms with van der Waals surface area (Å²) >= 11 is 0. The second-order valence-electron chi connectivity index (χ2n) is 5.14. The van der Waals surface area contributed by atoms with Crippen LogP contribution in [0, 0.1) is 0 Å². The zero-order valence-corrected chi connectivity index (χ0v) is 11.5. The zero-order valence-electron chi connectivity index (χ0n) is 11.5. The highest BCUT2D eigenvalue weighted by molar-refractivity contribution is 5.74. The zero-order chi connectivity index (χ0) is 14.6. The van der Waals surface area contributed by atoms with E-state index in [1.54, 1.807) is 20.8 Å². The maximum atomic E-state index is 12.6. The molecule has 0 spiro atoms. The van der Waals surface area contributed by atoms with Crippen molar-refractivity contribution in [3.63, 3.8) is 0 Å². The molecule has 0 fully saturated rings. The van der Waals surface area contributed by atoms with Gasteiger partial charge in [0, 0.05) is 11.1 Å². The molecule has 0 radical (unpaired) electrons. The van der Waals surface area contributed by atoms with E-state index >= 15 is 0 Å². The van der Waals surface area contributed by atoms with E-state index in [0.29, 0.717) is 5.56 Å². The molecular formula is C14H18F2O3. The lowest BCUT2D eigenvalue weighted by atomic mass is 10.1. The fourth-order valence-electron chi connectivity index (χ4n) is 1.58. The van der Waals surface area contributed by atoms with Gasteiger partial charge in [0.15, 0.2) is 0 Å². The summed E-state index contributed by atoms with van der Waals surface area (Å²) in [4.78, 5) is 11.7. The van der Waals surface area contributed by atoms with Gasteiger partial charge in [-0.3, -0.25) is 4.79 Å². The molecule has 0 saturated heterocycles. The molecule has 0 aromatic heterocycles. The number of benzene rings is 1. The first kappa shape index (κ1) is 15.4.